The number of aromatic nitrogens is 2. The molecule has 0 spiro atoms. The van der Waals surface area contributed by atoms with Crippen molar-refractivity contribution in [3.05, 3.63) is 18.2 Å². The third-order valence-electron chi connectivity index (χ3n) is 5.17. The van der Waals surface area contributed by atoms with Gasteiger partial charge in [-0.2, -0.15) is 0 Å². The maximum absolute atomic E-state index is 12.6. The molecule has 3 unspecified atom stereocenters. The zero-order valence-corrected chi connectivity index (χ0v) is 14.2. The maximum atomic E-state index is 12.6. The van der Waals surface area contributed by atoms with Crippen LogP contribution in [-0.4, -0.2) is 77.0 Å². The van der Waals surface area contributed by atoms with E-state index in [1.165, 1.54) is 7.11 Å². The van der Waals surface area contributed by atoms with Crippen molar-refractivity contribution in [1.82, 2.24) is 25.1 Å². The smallest absolute Gasteiger partial charge is 0.305 e. The molecule has 2 N–H and O–H groups in total. The summed E-state index contributed by atoms with van der Waals surface area (Å²) in [5.41, 5.74) is 0. The van der Waals surface area contributed by atoms with Gasteiger partial charge in [-0.25, -0.2) is 4.98 Å². The van der Waals surface area contributed by atoms with Crippen molar-refractivity contribution in [2.45, 2.75) is 43.9 Å². The Balaban J connectivity index is 1.68. The van der Waals surface area contributed by atoms with E-state index in [0.717, 1.165) is 18.8 Å². The van der Waals surface area contributed by atoms with Crippen molar-refractivity contribution in [2.75, 3.05) is 27.2 Å². The molecule has 3 heterocycles. The van der Waals surface area contributed by atoms with Crippen LogP contribution in [0.15, 0.2) is 12.4 Å². The van der Waals surface area contributed by atoms with Gasteiger partial charge in [0.15, 0.2) is 0 Å². The van der Waals surface area contributed by atoms with E-state index in [0.29, 0.717) is 25.9 Å². The van der Waals surface area contributed by atoms with E-state index in [1.807, 2.05) is 0 Å². The van der Waals surface area contributed by atoms with E-state index >= 15 is 0 Å². The summed E-state index contributed by atoms with van der Waals surface area (Å²) in [6.07, 6.45) is 5.51. The first-order valence-corrected chi connectivity index (χ1v) is 8.39. The van der Waals surface area contributed by atoms with Crippen molar-refractivity contribution in [1.29, 1.82) is 0 Å². The summed E-state index contributed by atoms with van der Waals surface area (Å²) < 4.78 is 4.73. The van der Waals surface area contributed by atoms with Crippen molar-refractivity contribution in [2.24, 2.45) is 0 Å². The van der Waals surface area contributed by atoms with Crippen LogP contribution in [0.25, 0.3) is 0 Å². The quantitative estimate of drug-likeness (QED) is 0.720. The summed E-state index contributed by atoms with van der Waals surface area (Å²) in [6.45, 7) is 2.06. The minimum atomic E-state index is -0.207. The number of carbonyl (C=O) groups is 2. The van der Waals surface area contributed by atoms with Crippen LogP contribution in [0.5, 0.6) is 0 Å². The van der Waals surface area contributed by atoms with Gasteiger partial charge in [0.2, 0.25) is 5.91 Å². The molecular weight excluding hydrogens is 310 g/mol. The van der Waals surface area contributed by atoms with Gasteiger partial charge in [0.05, 0.1) is 13.7 Å². The third kappa shape index (κ3) is 3.44. The second-order valence-electron chi connectivity index (χ2n) is 6.49. The second kappa shape index (κ2) is 7.31. The van der Waals surface area contributed by atoms with Gasteiger partial charge in [-0.15, -0.1) is 0 Å². The molecule has 0 aromatic carbocycles. The lowest BCUT2D eigenvalue weighted by Gasteiger charge is -2.32. The number of hydrogen-bond donors (Lipinski definition) is 2. The number of nitrogens with zero attached hydrogens (tertiary/aromatic N) is 3. The third-order valence-corrected chi connectivity index (χ3v) is 5.17. The predicted molar refractivity (Wildman–Crippen MR) is 87.0 cm³/mol. The first-order valence-electron chi connectivity index (χ1n) is 8.39. The highest BCUT2D eigenvalue weighted by atomic mass is 16.5. The number of rotatable bonds is 5. The van der Waals surface area contributed by atoms with Crippen LogP contribution in [-0.2, 0) is 20.9 Å². The Morgan fingerprint density at radius 3 is 3.04 bits per heavy atom. The number of hydrogen-bond acceptors (Lipinski definition) is 6. The molecule has 2 aliphatic rings. The molecule has 132 valence electrons. The number of amides is 1. The Hall–Kier alpha value is -1.93. The Bertz CT molecular complexity index is 576. The molecule has 8 heteroatoms. The molecular formula is C16H25N5O3. The topological polar surface area (TPSA) is 90.6 Å². The largest absolute Gasteiger partial charge is 0.469 e. The number of likely N-dealkylation sites (tertiary alicyclic amines) is 1. The van der Waals surface area contributed by atoms with Gasteiger partial charge in [0.1, 0.15) is 11.9 Å². The zero-order chi connectivity index (χ0) is 17.1. The first kappa shape index (κ1) is 16.9. The molecule has 0 saturated carbocycles. The number of nitrogens with one attached hydrogen (secondary N) is 2. The molecule has 2 fully saturated rings. The highest BCUT2D eigenvalue weighted by molar-refractivity contribution is 5.83. The van der Waals surface area contributed by atoms with Crippen molar-refractivity contribution >= 4 is 11.9 Å². The van der Waals surface area contributed by atoms with Crippen LogP contribution in [0.2, 0.25) is 0 Å². The molecule has 0 aliphatic carbocycles. The standard InChI is InChI=1S/C16H25N5O3/c1-20-11(3-4-14(22)24-2)9-19-16(23)15-12(20)5-8-21(15)10-13-17-6-7-18-13/h6-7,11-12,15H,3-5,8-10H2,1-2H3,(H,17,18)(H,19,23). The number of likely N-dealkylation sites (N-methyl/N-ethyl adjacent to an activating group) is 1. The summed E-state index contributed by atoms with van der Waals surface area (Å²) in [7, 11) is 3.46. The van der Waals surface area contributed by atoms with Gasteiger partial charge in [0, 0.05) is 44.0 Å². The number of ether oxygens (including phenoxy) is 1. The van der Waals surface area contributed by atoms with E-state index in [9.17, 15) is 9.59 Å². The van der Waals surface area contributed by atoms with E-state index in [1.54, 1.807) is 12.4 Å². The number of imidazole rings is 1. The van der Waals surface area contributed by atoms with Crippen LogP contribution in [0.1, 0.15) is 25.1 Å². The normalized spacial score (nSPS) is 28.2. The first-order chi connectivity index (χ1) is 11.6. The van der Waals surface area contributed by atoms with Gasteiger partial charge in [-0.1, -0.05) is 0 Å². The van der Waals surface area contributed by atoms with Gasteiger partial charge < -0.3 is 15.0 Å². The Kier molecular flexibility index (Phi) is 5.15. The monoisotopic (exact) mass is 335 g/mol. The summed E-state index contributed by atoms with van der Waals surface area (Å²) in [5, 5.41) is 3.04. The molecule has 1 aromatic heterocycles. The van der Waals surface area contributed by atoms with E-state index in [2.05, 4.69) is 32.1 Å². The molecule has 3 atom stereocenters. The summed E-state index contributed by atoms with van der Waals surface area (Å²) in [6, 6.07) is 0.125. The van der Waals surface area contributed by atoms with Crippen molar-refractivity contribution < 1.29 is 14.3 Å². The van der Waals surface area contributed by atoms with Crippen LogP contribution >= 0.6 is 0 Å². The van der Waals surface area contributed by atoms with E-state index in [-0.39, 0.29) is 30.0 Å². The highest BCUT2D eigenvalue weighted by Gasteiger charge is 2.45. The molecule has 0 bridgehead atoms. The zero-order valence-electron chi connectivity index (χ0n) is 14.2. The van der Waals surface area contributed by atoms with Gasteiger partial charge in [-0.05, 0) is 19.9 Å². The minimum Gasteiger partial charge on any atom is -0.469 e. The number of fused-ring (bicyclic) bond motifs is 1. The average Bonchev–Trinajstić information content (AvgIpc) is 3.21. The van der Waals surface area contributed by atoms with Gasteiger partial charge in [0.25, 0.3) is 0 Å². The van der Waals surface area contributed by atoms with E-state index < -0.39 is 0 Å². The highest BCUT2D eigenvalue weighted by Crippen LogP contribution is 2.28. The second-order valence-corrected chi connectivity index (χ2v) is 6.49. The Labute approximate surface area is 141 Å². The molecule has 8 nitrogen and oxygen atoms in total. The molecule has 3 rings (SSSR count). The number of methoxy groups -OCH3 is 1. The van der Waals surface area contributed by atoms with E-state index in [4.69, 9.17) is 4.74 Å². The SMILES string of the molecule is COC(=O)CCC1CNC(=O)C2C(CCN2Cc2ncc[nH]2)N1C. The molecule has 24 heavy (non-hydrogen) atoms. The fourth-order valence-electron chi connectivity index (χ4n) is 3.79. The molecule has 0 radical (unpaired) electrons. The average molecular weight is 335 g/mol. The number of esters is 1. The van der Waals surface area contributed by atoms with Crippen LogP contribution in [0, 0.1) is 0 Å². The molecule has 2 saturated heterocycles. The van der Waals surface area contributed by atoms with Crippen LogP contribution in [0.3, 0.4) is 0 Å². The van der Waals surface area contributed by atoms with Crippen LogP contribution in [0.4, 0.5) is 0 Å². The molecule has 1 amide bonds. The fraction of sp³-hybridized carbons (Fsp3) is 0.688. The number of carbonyl (C=O) groups excluding carboxylic acids is 2. The predicted octanol–water partition coefficient (Wildman–Crippen LogP) is -0.264. The summed E-state index contributed by atoms with van der Waals surface area (Å²) in [5.74, 6) is 0.732. The Morgan fingerprint density at radius 2 is 2.33 bits per heavy atom. The lowest BCUT2D eigenvalue weighted by Crippen LogP contribution is -2.49. The maximum Gasteiger partial charge on any atom is 0.305 e. The van der Waals surface area contributed by atoms with Gasteiger partial charge >= 0.3 is 5.97 Å². The lowest BCUT2D eigenvalue weighted by molar-refractivity contribution is -0.141. The van der Waals surface area contributed by atoms with Crippen molar-refractivity contribution in [3.8, 4) is 0 Å². The fourth-order valence-corrected chi connectivity index (χ4v) is 3.79. The summed E-state index contributed by atoms with van der Waals surface area (Å²) in [4.78, 5) is 35.8. The Morgan fingerprint density at radius 1 is 1.50 bits per heavy atom. The molecule has 2 aliphatic heterocycles. The minimum absolute atomic E-state index is 0.0662. The van der Waals surface area contributed by atoms with Gasteiger partial charge in [-0.3, -0.25) is 19.4 Å². The van der Waals surface area contributed by atoms with Crippen molar-refractivity contribution in [3.63, 3.8) is 0 Å². The molecule has 1 aromatic rings. The van der Waals surface area contributed by atoms with Crippen LogP contribution < -0.4 is 5.32 Å². The lowest BCUT2D eigenvalue weighted by atomic mass is 10.0. The number of aromatic amines is 1. The number of H-pyrrole nitrogens is 1. The summed E-state index contributed by atoms with van der Waals surface area (Å²) >= 11 is 0.